The number of nitrogens with zero attached hydrogens (tertiary/aromatic N) is 1. The van der Waals surface area contributed by atoms with Crippen molar-refractivity contribution in [3.63, 3.8) is 0 Å². The summed E-state index contributed by atoms with van der Waals surface area (Å²) in [6.45, 7) is 1.99. The van der Waals surface area contributed by atoms with Gasteiger partial charge in [0.25, 0.3) is 5.91 Å². The predicted octanol–water partition coefficient (Wildman–Crippen LogP) is 5.13. The van der Waals surface area contributed by atoms with Gasteiger partial charge in [-0.2, -0.15) is 0 Å². The smallest absolute Gasteiger partial charge is 0.267 e. The molecule has 0 bridgehead atoms. The average Bonchev–Trinajstić information content (AvgIpc) is 2.93. The first-order chi connectivity index (χ1) is 13.0. The molecule has 1 aliphatic rings. The molecule has 1 unspecified atom stereocenters. The topological polar surface area (TPSA) is 29.4 Å². The normalized spacial score (nSPS) is 19.9. The lowest BCUT2D eigenvalue weighted by molar-refractivity contribution is 0.100. The Morgan fingerprint density at radius 1 is 1.00 bits per heavy atom. The summed E-state index contributed by atoms with van der Waals surface area (Å²) in [7, 11) is 0. The van der Waals surface area contributed by atoms with Crippen LogP contribution in [0.15, 0.2) is 83.9 Å². The molecule has 0 heterocycles. The minimum atomic E-state index is -1.69. The Bertz CT molecular complexity index is 1010. The molecular formula is C24H20FNO. The molecule has 0 aliphatic heterocycles. The lowest BCUT2D eigenvalue weighted by atomic mass is 9.91. The number of halogens is 1. The molecule has 0 radical (unpaired) electrons. The molecule has 0 saturated heterocycles. The molecule has 134 valence electrons. The lowest BCUT2D eigenvalue weighted by Crippen LogP contribution is -2.34. The van der Waals surface area contributed by atoms with Crippen LogP contribution in [0.3, 0.4) is 0 Å². The van der Waals surface area contributed by atoms with E-state index in [4.69, 9.17) is 0 Å². The Morgan fingerprint density at radius 2 is 1.67 bits per heavy atom. The van der Waals surface area contributed by atoms with Crippen LogP contribution in [0.4, 0.5) is 4.39 Å². The van der Waals surface area contributed by atoms with E-state index in [1.54, 1.807) is 24.3 Å². The van der Waals surface area contributed by atoms with Crippen LogP contribution in [0.25, 0.3) is 0 Å². The van der Waals surface area contributed by atoms with Crippen molar-refractivity contribution in [3.05, 3.63) is 107 Å². The summed E-state index contributed by atoms with van der Waals surface area (Å²) < 4.78 is 16.2. The first kappa shape index (κ1) is 17.3. The molecule has 3 aromatic rings. The standard InChI is InChI=1S/C24H20FNO/c1-17-12-13-21-20(14-17)16-24(25,15-18-8-4-2-5-9-18)22(21)26-23(27)19-10-6-3-7-11-19/h2-14H,15-16H2,1H3. The Morgan fingerprint density at radius 3 is 2.37 bits per heavy atom. The highest BCUT2D eigenvalue weighted by Crippen LogP contribution is 2.37. The molecule has 2 nitrogen and oxygen atoms in total. The van der Waals surface area contributed by atoms with Gasteiger partial charge in [-0.15, -0.1) is 0 Å². The van der Waals surface area contributed by atoms with Crippen molar-refractivity contribution in [1.82, 2.24) is 0 Å². The minimum absolute atomic E-state index is 0.197. The monoisotopic (exact) mass is 357 g/mol. The maximum atomic E-state index is 16.2. The third kappa shape index (κ3) is 3.45. The first-order valence-corrected chi connectivity index (χ1v) is 9.06. The van der Waals surface area contributed by atoms with E-state index in [-0.39, 0.29) is 18.6 Å². The molecule has 4 rings (SSSR count). The van der Waals surface area contributed by atoms with Gasteiger partial charge in [0.15, 0.2) is 5.67 Å². The predicted molar refractivity (Wildman–Crippen MR) is 106 cm³/mol. The lowest BCUT2D eigenvalue weighted by Gasteiger charge is -2.21. The van der Waals surface area contributed by atoms with E-state index in [0.717, 1.165) is 22.3 Å². The molecule has 0 fully saturated rings. The molecule has 0 N–H and O–H groups in total. The van der Waals surface area contributed by atoms with E-state index >= 15 is 4.39 Å². The summed E-state index contributed by atoms with van der Waals surface area (Å²) in [6.07, 6.45) is 0.433. The molecule has 0 spiro atoms. The number of carbonyl (C=O) groups excluding carboxylic acids is 1. The maximum Gasteiger partial charge on any atom is 0.277 e. The minimum Gasteiger partial charge on any atom is -0.267 e. The van der Waals surface area contributed by atoms with Crippen molar-refractivity contribution in [1.29, 1.82) is 0 Å². The van der Waals surface area contributed by atoms with E-state index in [1.165, 1.54) is 0 Å². The van der Waals surface area contributed by atoms with Gasteiger partial charge in [0.2, 0.25) is 0 Å². The van der Waals surface area contributed by atoms with Gasteiger partial charge in [-0.1, -0.05) is 72.3 Å². The van der Waals surface area contributed by atoms with Crippen molar-refractivity contribution in [3.8, 4) is 0 Å². The molecule has 0 aromatic heterocycles. The van der Waals surface area contributed by atoms with Crippen molar-refractivity contribution >= 4 is 11.6 Å². The van der Waals surface area contributed by atoms with Crippen LogP contribution in [-0.4, -0.2) is 17.3 Å². The third-order valence-electron chi connectivity index (χ3n) is 4.97. The highest BCUT2D eigenvalue weighted by Gasteiger charge is 2.44. The Kier molecular flexibility index (Phi) is 4.44. The largest absolute Gasteiger partial charge is 0.277 e. The van der Waals surface area contributed by atoms with Gasteiger partial charge >= 0.3 is 0 Å². The SMILES string of the molecule is Cc1ccc2c(c1)CC(F)(Cc1ccccc1)C2=NC(=O)c1ccccc1. The maximum absolute atomic E-state index is 16.2. The quantitative estimate of drug-likeness (QED) is 0.639. The van der Waals surface area contributed by atoms with Crippen molar-refractivity contribution in [2.24, 2.45) is 4.99 Å². The van der Waals surface area contributed by atoms with E-state index in [0.29, 0.717) is 5.56 Å². The van der Waals surface area contributed by atoms with Crippen molar-refractivity contribution in [2.45, 2.75) is 25.4 Å². The van der Waals surface area contributed by atoms with Crippen LogP contribution in [-0.2, 0) is 12.8 Å². The van der Waals surface area contributed by atoms with Crippen LogP contribution in [0, 0.1) is 6.92 Å². The second-order valence-electron chi connectivity index (χ2n) is 7.10. The van der Waals surface area contributed by atoms with Crippen LogP contribution >= 0.6 is 0 Å². The molecule has 27 heavy (non-hydrogen) atoms. The number of rotatable bonds is 3. The number of alkyl halides is 1. The Balaban J connectivity index is 1.78. The number of carbonyl (C=O) groups is 1. The molecule has 3 aromatic carbocycles. The molecule has 1 atom stereocenters. The second-order valence-corrected chi connectivity index (χ2v) is 7.10. The van der Waals surface area contributed by atoms with Gasteiger partial charge in [0.05, 0.1) is 5.71 Å². The summed E-state index contributed by atoms with van der Waals surface area (Å²) in [5.74, 6) is -0.408. The van der Waals surface area contributed by atoms with Gasteiger partial charge in [0, 0.05) is 24.0 Å². The summed E-state index contributed by atoms with van der Waals surface area (Å²) in [4.78, 5) is 16.9. The van der Waals surface area contributed by atoms with Gasteiger partial charge in [-0.25, -0.2) is 9.38 Å². The van der Waals surface area contributed by atoms with Crippen LogP contribution in [0.2, 0.25) is 0 Å². The molecule has 3 heteroatoms. The second kappa shape index (κ2) is 6.92. The van der Waals surface area contributed by atoms with Crippen molar-refractivity contribution in [2.75, 3.05) is 0 Å². The van der Waals surface area contributed by atoms with Crippen molar-refractivity contribution < 1.29 is 9.18 Å². The van der Waals surface area contributed by atoms with E-state index in [1.807, 2.05) is 61.5 Å². The summed E-state index contributed by atoms with van der Waals surface area (Å²) in [5, 5.41) is 0. The van der Waals surface area contributed by atoms with Gasteiger partial charge in [-0.3, -0.25) is 4.79 Å². The van der Waals surface area contributed by atoms with Crippen LogP contribution in [0.1, 0.15) is 32.6 Å². The average molecular weight is 357 g/mol. The van der Waals surface area contributed by atoms with E-state index < -0.39 is 11.6 Å². The number of aliphatic imine (C=N–C) groups is 1. The number of benzene rings is 3. The van der Waals surface area contributed by atoms with Crippen LogP contribution in [0.5, 0.6) is 0 Å². The summed E-state index contributed by atoms with van der Waals surface area (Å²) >= 11 is 0. The highest BCUT2D eigenvalue weighted by molar-refractivity contribution is 6.17. The Hall–Kier alpha value is -3.07. The zero-order chi connectivity index (χ0) is 18.9. The number of hydrogen-bond acceptors (Lipinski definition) is 1. The molecule has 0 saturated carbocycles. The first-order valence-electron chi connectivity index (χ1n) is 9.06. The summed E-state index contributed by atoms with van der Waals surface area (Å²) in [5.41, 5.74) is 2.64. The number of aryl methyl sites for hydroxylation is 1. The number of hydrogen-bond donors (Lipinski definition) is 0. The number of amides is 1. The molecular weight excluding hydrogens is 337 g/mol. The zero-order valence-electron chi connectivity index (χ0n) is 15.2. The summed E-state index contributed by atoms with van der Waals surface area (Å²) in [6, 6.07) is 24.2. The van der Waals surface area contributed by atoms with E-state index in [9.17, 15) is 4.79 Å². The number of fused-ring (bicyclic) bond motifs is 1. The van der Waals surface area contributed by atoms with Gasteiger partial charge in [0.1, 0.15) is 0 Å². The third-order valence-corrected chi connectivity index (χ3v) is 4.97. The van der Waals surface area contributed by atoms with Crippen LogP contribution < -0.4 is 0 Å². The fraction of sp³-hybridized carbons (Fsp3) is 0.167. The fourth-order valence-electron chi connectivity index (χ4n) is 3.70. The Labute approximate surface area is 158 Å². The van der Waals surface area contributed by atoms with Gasteiger partial charge in [-0.05, 0) is 30.2 Å². The molecule has 1 aliphatic carbocycles. The highest BCUT2D eigenvalue weighted by atomic mass is 19.1. The van der Waals surface area contributed by atoms with E-state index in [2.05, 4.69) is 4.99 Å². The fourth-order valence-corrected chi connectivity index (χ4v) is 3.70. The van der Waals surface area contributed by atoms with Gasteiger partial charge < -0.3 is 0 Å². The zero-order valence-corrected chi connectivity index (χ0v) is 15.2. The molecule has 1 amide bonds.